The number of methoxy groups -OCH3 is 1. The average Bonchev–Trinajstić information content (AvgIpc) is 3.50. The lowest BCUT2D eigenvalue weighted by molar-refractivity contribution is -0.212. The van der Waals surface area contributed by atoms with Crippen LogP contribution in [0.5, 0.6) is 0 Å². The number of halogens is 1. The summed E-state index contributed by atoms with van der Waals surface area (Å²) in [7, 11) is 4.53. The summed E-state index contributed by atoms with van der Waals surface area (Å²) in [5, 5.41) is 0. The van der Waals surface area contributed by atoms with Crippen LogP contribution in [0.3, 0.4) is 0 Å². The molecular formula is C18H21ClO9S. The molecule has 0 aromatic carbocycles. The molecular weight excluding hydrogens is 428 g/mol. The Morgan fingerprint density at radius 1 is 1.31 bits per heavy atom. The first kappa shape index (κ1) is 20.9. The van der Waals surface area contributed by atoms with Crippen molar-refractivity contribution in [1.29, 1.82) is 0 Å². The first-order valence-electron chi connectivity index (χ1n) is 9.01. The molecule has 9 atom stereocenters. The van der Waals surface area contributed by atoms with Gasteiger partial charge in [0, 0.05) is 23.5 Å². The van der Waals surface area contributed by atoms with Crippen molar-refractivity contribution in [3.05, 3.63) is 12.2 Å². The molecule has 2 saturated carbocycles. The van der Waals surface area contributed by atoms with Crippen LogP contribution >= 0.6 is 10.7 Å². The summed E-state index contributed by atoms with van der Waals surface area (Å²) >= 11 is 0. The molecule has 4 aliphatic rings. The summed E-state index contributed by atoms with van der Waals surface area (Å²) in [6, 6.07) is 0. The van der Waals surface area contributed by atoms with Gasteiger partial charge in [-0.2, -0.15) is 0 Å². The van der Waals surface area contributed by atoms with Crippen LogP contribution in [0.1, 0.15) is 20.8 Å². The predicted molar refractivity (Wildman–Crippen MR) is 97.6 cm³/mol. The Balaban J connectivity index is 1.99. The van der Waals surface area contributed by atoms with Crippen LogP contribution in [0, 0.1) is 17.3 Å². The molecule has 4 fully saturated rings. The van der Waals surface area contributed by atoms with Crippen LogP contribution in [0.2, 0.25) is 0 Å². The third-order valence-corrected chi connectivity index (χ3v) is 7.47. The molecule has 2 saturated heterocycles. The van der Waals surface area contributed by atoms with Crippen LogP contribution in [0.4, 0.5) is 0 Å². The molecule has 9 nitrogen and oxygen atoms in total. The highest BCUT2D eigenvalue weighted by atomic mass is 35.7. The van der Waals surface area contributed by atoms with Crippen LogP contribution in [-0.4, -0.2) is 65.2 Å². The zero-order valence-corrected chi connectivity index (χ0v) is 17.8. The van der Waals surface area contributed by atoms with Crippen molar-refractivity contribution in [3.63, 3.8) is 0 Å². The molecule has 9 unspecified atom stereocenters. The standard InChI is InChI=1S/C18H21ClO9S/c1-7(2)9-10(15(22)24-5)18(28-29(19)23)14-13(27-14)17(6-25-17)16(18,4)12(21)11(9)26-8(3)20/h9-11,13-14H,1,6H2,2-5H3. The van der Waals surface area contributed by atoms with Crippen LogP contribution < -0.4 is 0 Å². The SMILES string of the molecule is C=C(C)C1C(OC(C)=O)C(=O)C2(C)C3(CO3)C3OC3C2(OS(=O)Cl)C1C(=O)OC. The molecule has 0 bridgehead atoms. The molecule has 4 rings (SSSR count). The maximum absolute atomic E-state index is 13.8. The molecule has 2 heterocycles. The Morgan fingerprint density at radius 3 is 2.38 bits per heavy atom. The molecule has 0 N–H and O–H groups in total. The molecule has 1 spiro atoms. The van der Waals surface area contributed by atoms with Crippen molar-refractivity contribution in [1.82, 2.24) is 0 Å². The van der Waals surface area contributed by atoms with Gasteiger partial charge in [-0.1, -0.05) is 12.2 Å². The zero-order valence-electron chi connectivity index (χ0n) is 16.3. The average molecular weight is 449 g/mol. The van der Waals surface area contributed by atoms with E-state index in [1.165, 1.54) is 14.0 Å². The summed E-state index contributed by atoms with van der Waals surface area (Å²) in [6.45, 7) is 8.39. The zero-order chi connectivity index (χ0) is 21.5. The van der Waals surface area contributed by atoms with Gasteiger partial charge >= 0.3 is 11.9 Å². The molecule has 2 aliphatic carbocycles. The molecule has 29 heavy (non-hydrogen) atoms. The Labute approximate surface area is 174 Å². The van der Waals surface area contributed by atoms with Crippen molar-refractivity contribution in [2.75, 3.05) is 13.7 Å². The van der Waals surface area contributed by atoms with Gasteiger partial charge < -0.3 is 18.9 Å². The molecule has 0 amide bonds. The lowest BCUT2D eigenvalue weighted by atomic mass is 9.51. The van der Waals surface area contributed by atoms with Crippen molar-refractivity contribution in [2.24, 2.45) is 17.3 Å². The van der Waals surface area contributed by atoms with Gasteiger partial charge in [0.2, 0.25) is 0 Å². The summed E-state index contributed by atoms with van der Waals surface area (Å²) in [5.41, 5.74) is -3.97. The van der Waals surface area contributed by atoms with E-state index in [1.54, 1.807) is 13.8 Å². The normalized spacial score (nSPS) is 47.8. The molecule has 0 aromatic heterocycles. The third kappa shape index (κ3) is 2.38. The Kier molecular flexibility index (Phi) is 4.57. The fourth-order valence-corrected chi connectivity index (χ4v) is 6.48. The number of carbonyl (C=O) groups excluding carboxylic acids is 3. The number of Topliss-reactive ketones (excluding diaryl/α,β-unsaturated/α-hetero) is 1. The van der Waals surface area contributed by atoms with Gasteiger partial charge in [0.25, 0.3) is 10.3 Å². The first-order chi connectivity index (χ1) is 13.5. The Bertz CT molecular complexity index is 854. The van der Waals surface area contributed by atoms with E-state index in [4.69, 9.17) is 33.8 Å². The monoisotopic (exact) mass is 448 g/mol. The van der Waals surface area contributed by atoms with E-state index in [0.29, 0.717) is 5.57 Å². The predicted octanol–water partition coefficient (Wildman–Crippen LogP) is 0.611. The van der Waals surface area contributed by atoms with Gasteiger partial charge in [-0.15, -0.1) is 0 Å². The van der Waals surface area contributed by atoms with Crippen molar-refractivity contribution in [2.45, 2.75) is 50.3 Å². The van der Waals surface area contributed by atoms with Gasteiger partial charge in [-0.3, -0.25) is 18.6 Å². The van der Waals surface area contributed by atoms with Crippen molar-refractivity contribution < 1.29 is 41.7 Å². The second-order valence-electron chi connectivity index (χ2n) is 8.12. The van der Waals surface area contributed by atoms with Gasteiger partial charge in [0.15, 0.2) is 11.9 Å². The lowest BCUT2D eigenvalue weighted by Gasteiger charge is -2.55. The third-order valence-electron chi connectivity index (χ3n) is 6.88. The maximum atomic E-state index is 13.8. The number of rotatable bonds is 5. The Hall–Kier alpha value is -1.33. The minimum absolute atomic E-state index is 0.175. The molecule has 0 radical (unpaired) electrons. The van der Waals surface area contributed by atoms with Gasteiger partial charge in [0.05, 0.1) is 19.1 Å². The lowest BCUT2D eigenvalue weighted by Crippen LogP contribution is -2.73. The number of ether oxygens (including phenoxy) is 4. The minimum Gasteiger partial charge on any atom is -0.469 e. The fourth-order valence-electron chi connectivity index (χ4n) is 5.59. The maximum Gasteiger partial charge on any atom is 0.312 e. The largest absolute Gasteiger partial charge is 0.469 e. The van der Waals surface area contributed by atoms with E-state index in [1.807, 2.05) is 0 Å². The number of hydrogen-bond donors (Lipinski definition) is 0. The van der Waals surface area contributed by atoms with Gasteiger partial charge in [-0.25, -0.2) is 4.21 Å². The minimum atomic E-state index is -2.37. The topological polar surface area (TPSA) is 121 Å². The summed E-state index contributed by atoms with van der Waals surface area (Å²) in [4.78, 5) is 38.7. The smallest absolute Gasteiger partial charge is 0.312 e. The number of esters is 2. The second-order valence-corrected chi connectivity index (χ2v) is 9.43. The van der Waals surface area contributed by atoms with E-state index in [2.05, 4.69) is 6.58 Å². The number of carbonyl (C=O) groups is 3. The van der Waals surface area contributed by atoms with Gasteiger partial charge in [-0.05, 0) is 13.8 Å². The van der Waals surface area contributed by atoms with Crippen LogP contribution in [0.25, 0.3) is 0 Å². The quantitative estimate of drug-likeness (QED) is 0.257. The number of ketones is 1. The van der Waals surface area contributed by atoms with E-state index >= 15 is 0 Å². The molecule has 0 aromatic rings. The first-order valence-corrected chi connectivity index (χ1v) is 10.9. The van der Waals surface area contributed by atoms with Gasteiger partial charge in [0.1, 0.15) is 29.3 Å². The van der Waals surface area contributed by atoms with Crippen LogP contribution in [-0.2, 0) is 47.8 Å². The Morgan fingerprint density at radius 2 is 1.93 bits per heavy atom. The van der Waals surface area contributed by atoms with E-state index < -0.39 is 74.8 Å². The summed E-state index contributed by atoms with van der Waals surface area (Å²) < 4.78 is 39.6. The van der Waals surface area contributed by atoms with E-state index in [9.17, 15) is 18.6 Å². The fraction of sp³-hybridized carbons (Fsp3) is 0.722. The summed E-state index contributed by atoms with van der Waals surface area (Å²) in [5.74, 6) is -4.18. The molecule has 160 valence electrons. The molecule has 11 heteroatoms. The van der Waals surface area contributed by atoms with Crippen molar-refractivity contribution >= 4 is 38.7 Å². The van der Waals surface area contributed by atoms with Crippen molar-refractivity contribution in [3.8, 4) is 0 Å². The highest BCUT2D eigenvalue weighted by Crippen LogP contribution is 2.75. The van der Waals surface area contributed by atoms with E-state index in [0.717, 1.165) is 0 Å². The number of hydrogen-bond acceptors (Lipinski definition) is 9. The molecule has 2 aliphatic heterocycles. The second kappa shape index (κ2) is 6.34. The number of epoxide rings is 2. The van der Waals surface area contributed by atoms with Crippen LogP contribution in [0.15, 0.2) is 12.2 Å². The number of fused-ring (bicyclic) bond motifs is 5. The highest BCUT2D eigenvalue weighted by molar-refractivity contribution is 8.04. The summed E-state index contributed by atoms with van der Waals surface area (Å²) in [6.07, 6.45) is -2.64. The highest BCUT2D eigenvalue weighted by Gasteiger charge is 2.95. The van der Waals surface area contributed by atoms with E-state index in [-0.39, 0.29) is 6.61 Å².